The van der Waals surface area contributed by atoms with Crippen molar-refractivity contribution in [2.75, 3.05) is 5.75 Å². The molecule has 0 bridgehead atoms. The molecule has 2 heterocycles. The summed E-state index contributed by atoms with van der Waals surface area (Å²) in [5.41, 5.74) is 2.84. The highest BCUT2D eigenvalue weighted by atomic mass is 32.2. The van der Waals surface area contributed by atoms with Crippen LogP contribution in [0.15, 0.2) is 54.1 Å². The second-order valence-corrected chi connectivity index (χ2v) is 10.4. The molecule has 4 aromatic rings. The molecule has 2 aromatic carbocycles. The first-order chi connectivity index (χ1) is 16.0. The number of halogens is 3. The van der Waals surface area contributed by atoms with Gasteiger partial charge in [0.1, 0.15) is 0 Å². The van der Waals surface area contributed by atoms with Gasteiger partial charge in [0.05, 0.1) is 32.6 Å². The third-order valence-corrected chi connectivity index (χ3v) is 7.62. The lowest BCUT2D eigenvalue weighted by atomic mass is 10.1. The van der Waals surface area contributed by atoms with Gasteiger partial charge in [-0.05, 0) is 54.8 Å². The average Bonchev–Trinajstić information content (AvgIpc) is 3.36. The van der Waals surface area contributed by atoms with Crippen LogP contribution < -0.4 is 0 Å². The van der Waals surface area contributed by atoms with Crippen LogP contribution in [0, 0.1) is 0 Å². The highest BCUT2D eigenvalue weighted by Crippen LogP contribution is 2.33. The predicted molar refractivity (Wildman–Crippen MR) is 125 cm³/mol. The fourth-order valence-corrected chi connectivity index (χ4v) is 5.88. The smallest absolute Gasteiger partial charge is 0.416 e. The molecule has 0 saturated heterocycles. The first-order valence-electron chi connectivity index (χ1n) is 10.2. The molecule has 0 radical (unpaired) electrons. The van der Waals surface area contributed by atoms with E-state index in [0.29, 0.717) is 0 Å². The predicted octanol–water partition coefficient (Wildman–Crippen LogP) is 5.57. The number of aromatic nitrogens is 2. The number of rotatable bonds is 8. The Labute approximate surface area is 197 Å². The summed E-state index contributed by atoms with van der Waals surface area (Å²) >= 11 is 1.47. The van der Waals surface area contributed by atoms with Gasteiger partial charge in [-0.1, -0.05) is 18.2 Å². The monoisotopic (exact) mass is 508 g/mol. The number of nitrogens with zero attached hydrogens (tertiary/aromatic N) is 2. The molecule has 0 unspecified atom stereocenters. The first kappa shape index (κ1) is 24.0. The molecule has 0 fully saturated rings. The fraction of sp³-hybridized carbons (Fsp3) is 0.217. The maximum atomic E-state index is 13.2. The van der Waals surface area contributed by atoms with Crippen molar-refractivity contribution < 1.29 is 31.5 Å². The summed E-state index contributed by atoms with van der Waals surface area (Å²) in [6.45, 7) is 0. The van der Waals surface area contributed by atoms with Crippen LogP contribution in [0.5, 0.6) is 0 Å². The van der Waals surface area contributed by atoms with Crippen LogP contribution in [0.4, 0.5) is 13.2 Å². The second kappa shape index (κ2) is 9.22. The number of alkyl halides is 3. The van der Waals surface area contributed by atoms with E-state index in [9.17, 15) is 26.4 Å². The minimum absolute atomic E-state index is 0.0906. The minimum Gasteiger partial charge on any atom is -0.481 e. The molecule has 2 aromatic heterocycles. The average molecular weight is 509 g/mol. The van der Waals surface area contributed by atoms with Crippen LogP contribution in [0.25, 0.3) is 27.2 Å². The van der Waals surface area contributed by atoms with Crippen molar-refractivity contribution in [1.29, 1.82) is 0 Å². The van der Waals surface area contributed by atoms with Crippen LogP contribution in [-0.2, 0) is 27.4 Å². The van der Waals surface area contributed by atoms with Gasteiger partial charge in [0, 0.05) is 17.5 Å². The Morgan fingerprint density at radius 1 is 1.15 bits per heavy atom. The lowest BCUT2D eigenvalue weighted by Gasteiger charge is -2.11. The molecule has 0 aliphatic rings. The number of benzene rings is 2. The van der Waals surface area contributed by atoms with Crippen LogP contribution in [-0.4, -0.2) is 34.2 Å². The van der Waals surface area contributed by atoms with E-state index < -0.39 is 27.7 Å². The molecule has 4 rings (SSSR count). The third kappa shape index (κ3) is 5.15. The molecule has 0 atom stereocenters. The van der Waals surface area contributed by atoms with Gasteiger partial charge in [-0.2, -0.15) is 13.2 Å². The van der Waals surface area contributed by atoms with Crippen molar-refractivity contribution in [1.82, 2.24) is 8.96 Å². The molecule has 0 spiro atoms. The zero-order chi connectivity index (χ0) is 24.5. The molecule has 34 heavy (non-hydrogen) atoms. The number of thiazole rings is 1. The molecule has 1 N–H and O–H groups in total. The number of hydrogen-bond acceptors (Lipinski definition) is 5. The van der Waals surface area contributed by atoms with Crippen molar-refractivity contribution >= 4 is 54.5 Å². The van der Waals surface area contributed by atoms with Gasteiger partial charge in [0.2, 0.25) is 10.0 Å². The Balaban J connectivity index is 1.67. The molecule has 0 amide bonds. The lowest BCUT2D eigenvalue weighted by molar-refractivity contribution is -0.138. The fourth-order valence-electron chi connectivity index (χ4n) is 3.70. The molecular formula is C23H19F3N2O4S2. The molecule has 0 aliphatic heterocycles. The number of carboxylic acid groups (broad SMARTS) is 1. The number of carboxylic acids is 1. The minimum atomic E-state index is -4.57. The highest BCUT2D eigenvalue weighted by Gasteiger charge is 2.31. The summed E-state index contributed by atoms with van der Waals surface area (Å²) in [7, 11) is -3.98. The van der Waals surface area contributed by atoms with Crippen molar-refractivity contribution in [3.05, 3.63) is 70.9 Å². The van der Waals surface area contributed by atoms with Crippen LogP contribution in [0.2, 0.25) is 0 Å². The number of fused-ring (bicyclic) bond motifs is 2. The number of aryl methyl sites for hydroxylation is 1. The summed E-state index contributed by atoms with van der Waals surface area (Å²) in [6, 6.07) is 9.79. The van der Waals surface area contributed by atoms with E-state index in [1.165, 1.54) is 23.5 Å². The summed E-state index contributed by atoms with van der Waals surface area (Å²) < 4.78 is 67.9. The van der Waals surface area contributed by atoms with E-state index in [1.54, 1.807) is 11.6 Å². The van der Waals surface area contributed by atoms with Gasteiger partial charge in [0.15, 0.2) is 0 Å². The molecule has 6 nitrogen and oxygen atoms in total. The SMILES string of the molecule is O=C(O)CCCc1cc2cc(C(F)(F)F)ccc2n1S(=O)(=O)CC=Cc1ccc2ncsc2c1. The summed E-state index contributed by atoms with van der Waals surface area (Å²) in [5, 5.41) is 9.03. The largest absolute Gasteiger partial charge is 0.481 e. The van der Waals surface area contributed by atoms with E-state index in [4.69, 9.17) is 5.11 Å². The van der Waals surface area contributed by atoms with Gasteiger partial charge in [-0.3, -0.25) is 4.79 Å². The highest BCUT2D eigenvalue weighted by molar-refractivity contribution is 7.90. The van der Waals surface area contributed by atoms with Crippen LogP contribution in [0.1, 0.15) is 29.7 Å². The quantitative estimate of drug-likeness (QED) is 0.336. The van der Waals surface area contributed by atoms with E-state index in [1.807, 2.05) is 18.2 Å². The summed E-state index contributed by atoms with van der Waals surface area (Å²) in [6.07, 6.45) is -1.37. The molecule has 0 saturated carbocycles. The molecule has 178 valence electrons. The molecule has 11 heteroatoms. The van der Waals surface area contributed by atoms with Crippen molar-refractivity contribution in [2.45, 2.75) is 25.4 Å². The van der Waals surface area contributed by atoms with Gasteiger partial charge in [0.25, 0.3) is 0 Å². The first-order valence-corrected chi connectivity index (χ1v) is 12.7. The zero-order valence-corrected chi connectivity index (χ0v) is 19.3. The van der Waals surface area contributed by atoms with E-state index >= 15 is 0 Å². The van der Waals surface area contributed by atoms with Gasteiger partial charge >= 0.3 is 12.1 Å². The Kier molecular flexibility index (Phi) is 6.50. The number of aliphatic carboxylic acids is 1. The van der Waals surface area contributed by atoms with Crippen molar-refractivity contribution in [3.8, 4) is 0 Å². The Bertz CT molecular complexity index is 1500. The van der Waals surface area contributed by atoms with Gasteiger partial charge in [-0.15, -0.1) is 11.3 Å². The summed E-state index contributed by atoms with van der Waals surface area (Å²) in [5.74, 6) is -1.42. The van der Waals surface area contributed by atoms with Gasteiger partial charge < -0.3 is 5.11 Å². The normalized spacial score (nSPS) is 12.8. The Hall–Kier alpha value is -3.18. The maximum absolute atomic E-state index is 13.2. The second-order valence-electron chi connectivity index (χ2n) is 7.68. The maximum Gasteiger partial charge on any atom is 0.416 e. The van der Waals surface area contributed by atoms with E-state index in [0.717, 1.165) is 38.0 Å². The standard InChI is InChI=1S/C23H19F3N2O4S2/c24-23(25,26)17-7-9-20-16(12-17)13-18(4-1-5-22(29)30)28(20)34(31,32)10-2-3-15-6-8-19-21(11-15)33-14-27-19/h2-3,6-9,11-14H,1,4-5,10H2,(H,29,30). The van der Waals surface area contributed by atoms with Gasteiger partial charge in [-0.25, -0.2) is 17.4 Å². The van der Waals surface area contributed by atoms with Crippen LogP contribution in [0.3, 0.4) is 0 Å². The van der Waals surface area contributed by atoms with E-state index in [-0.39, 0.29) is 41.6 Å². The Morgan fingerprint density at radius 3 is 2.68 bits per heavy atom. The molecule has 0 aliphatic carbocycles. The number of hydrogen-bond donors (Lipinski definition) is 1. The van der Waals surface area contributed by atoms with E-state index in [2.05, 4.69) is 4.98 Å². The van der Waals surface area contributed by atoms with Crippen molar-refractivity contribution in [2.24, 2.45) is 0 Å². The number of carbonyl (C=O) groups is 1. The topological polar surface area (TPSA) is 89.3 Å². The van der Waals surface area contributed by atoms with Crippen molar-refractivity contribution in [3.63, 3.8) is 0 Å². The molecular weight excluding hydrogens is 489 g/mol. The summed E-state index contributed by atoms with van der Waals surface area (Å²) in [4.78, 5) is 15.1. The Morgan fingerprint density at radius 2 is 1.94 bits per heavy atom. The third-order valence-electron chi connectivity index (χ3n) is 5.23. The van der Waals surface area contributed by atoms with Crippen LogP contribution >= 0.6 is 11.3 Å². The lowest BCUT2D eigenvalue weighted by Crippen LogP contribution is -2.18. The zero-order valence-electron chi connectivity index (χ0n) is 17.6.